The fourth-order valence-corrected chi connectivity index (χ4v) is 3.12. The summed E-state index contributed by atoms with van der Waals surface area (Å²) in [5.41, 5.74) is 2.55. The minimum Gasteiger partial charge on any atom is -0.489 e. The average molecular weight is 460 g/mol. The van der Waals surface area contributed by atoms with Crippen molar-refractivity contribution in [3.63, 3.8) is 0 Å². The topological polar surface area (TPSA) is 98.0 Å². The summed E-state index contributed by atoms with van der Waals surface area (Å²) in [6, 6.07) is 17.3. The van der Waals surface area contributed by atoms with E-state index < -0.39 is 18.0 Å². The van der Waals surface area contributed by atoms with Crippen LogP contribution in [0.1, 0.15) is 12.2 Å². The minimum atomic E-state index is -4.68. The Hall–Kier alpha value is -4.02. The van der Waals surface area contributed by atoms with Gasteiger partial charge in [0, 0.05) is 18.1 Å². The van der Waals surface area contributed by atoms with Gasteiger partial charge in [0.05, 0.1) is 12.3 Å². The monoisotopic (exact) mass is 460 g/mol. The lowest BCUT2D eigenvalue weighted by Gasteiger charge is -2.14. The van der Waals surface area contributed by atoms with Crippen molar-refractivity contribution in [3.05, 3.63) is 66.4 Å². The zero-order valence-corrected chi connectivity index (χ0v) is 17.1. The molecular weight excluding hydrogens is 441 g/mol. The number of benzene rings is 2. The molecule has 8 nitrogen and oxygen atoms in total. The number of nitrogens with one attached hydrogen (secondary N) is 2. The summed E-state index contributed by atoms with van der Waals surface area (Å²) >= 11 is 0. The predicted molar refractivity (Wildman–Crippen MR) is 113 cm³/mol. The van der Waals surface area contributed by atoms with Crippen molar-refractivity contribution in [2.45, 2.75) is 18.7 Å². The molecule has 33 heavy (non-hydrogen) atoms. The van der Waals surface area contributed by atoms with Crippen molar-refractivity contribution >= 4 is 17.6 Å². The highest BCUT2D eigenvalue weighted by Crippen LogP contribution is 2.31. The molecule has 11 heteroatoms. The first-order chi connectivity index (χ1) is 15.9. The second-order valence-electron chi connectivity index (χ2n) is 7.14. The van der Waals surface area contributed by atoms with Gasteiger partial charge < -0.3 is 19.4 Å². The fraction of sp³-hybridized carbons (Fsp3) is 0.227. The van der Waals surface area contributed by atoms with Crippen LogP contribution in [0.15, 0.2) is 70.3 Å². The van der Waals surface area contributed by atoms with Gasteiger partial charge in [-0.05, 0) is 11.6 Å². The molecule has 3 aromatic rings. The van der Waals surface area contributed by atoms with Crippen LogP contribution in [0.5, 0.6) is 5.75 Å². The van der Waals surface area contributed by atoms with E-state index in [0.29, 0.717) is 23.9 Å². The van der Waals surface area contributed by atoms with Crippen molar-refractivity contribution in [3.8, 4) is 16.9 Å². The average Bonchev–Trinajstić information content (AvgIpc) is 3.47. The van der Waals surface area contributed by atoms with E-state index in [1.54, 1.807) is 0 Å². The molecule has 172 valence electrons. The van der Waals surface area contributed by atoms with Crippen LogP contribution < -0.4 is 15.4 Å². The van der Waals surface area contributed by atoms with Gasteiger partial charge in [0.2, 0.25) is 5.76 Å². The normalized spacial score (nSPS) is 15.5. The van der Waals surface area contributed by atoms with E-state index in [0.717, 1.165) is 11.1 Å². The molecule has 0 fully saturated rings. The minimum absolute atomic E-state index is 0.0485. The molecule has 0 spiro atoms. The predicted octanol–water partition coefficient (Wildman–Crippen LogP) is 4.71. The number of hydrogen-bond acceptors (Lipinski definition) is 6. The third-order valence-electron chi connectivity index (χ3n) is 4.67. The SMILES string of the molecule is O=C(NCC1=NOC(COc2ccccc2-c2ccccc2)C1)Nc1cc(C(F)(F)F)on1. The van der Waals surface area contributed by atoms with Crippen molar-refractivity contribution in [2.75, 3.05) is 18.5 Å². The maximum Gasteiger partial charge on any atom is 0.452 e. The van der Waals surface area contributed by atoms with Crippen LogP contribution in [0.4, 0.5) is 23.8 Å². The second-order valence-corrected chi connectivity index (χ2v) is 7.14. The molecular formula is C22H19F3N4O4. The Morgan fingerprint density at radius 1 is 1.12 bits per heavy atom. The number of anilines is 1. The van der Waals surface area contributed by atoms with Gasteiger partial charge in [-0.1, -0.05) is 58.8 Å². The van der Waals surface area contributed by atoms with E-state index >= 15 is 0 Å². The van der Waals surface area contributed by atoms with Gasteiger partial charge in [0.15, 0.2) is 11.9 Å². The number of urea groups is 1. The molecule has 2 amide bonds. The van der Waals surface area contributed by atoms with Crippen molar-refractivity contribution < 1.29 is 32.1 Å². The van der Waals surface area contributed by atoms with Crippen LogP contribution >= 0.6 is 0 Å². The molecule has 1 aromatic heterocycles. The summed E-state index contributed by atoms with van der Waals surface area (Å²) < 4.78 is 47.6. The number of alkyl halides is 3. The Labute approximate surface area is 186 Å². The van der Waals surface area contributed by atoms with Crippen molar-refractivity contribution in [1.82, 2.24) is 10.5 Å². The number of amides is 2. The molecule has 2 N–H and O–H groups in total. The molecule has 0 bridgehead atoms. The number of para-hydroxylation sites is 1. The van der Waals surface area contributed by atoms with E-state index in [1.807, 2.05) is 54.6 Å². The Kier molecular flexibility index (Phi) is 6.48. The summed E-state index contributed by atoms with van der Waals surface area (Å²) in [6.07, 6.45) is -4.59. The van der Waals surface area contributed by atoms with Gasteiger partial charge in [0.25, 0.3) is 0 Å². The first-order valence-electron chi connectivity index (χ1n) is 9.96. The fourth-order valence-electron chi connectivity index (χ4n) is 3.12. The number of nitrogens with zero attached hydrogens (tertiary/aromatic N) is 2. The third-order valence-corrected chi connectivity index (χ3v) is 4.67. The van der Waals surface area contributed by atoms with Crippen LogP contribution in [-0.2, 0) is 11.0 Å². The molecule has 1 aliphatic rings. The van der Waals surface area contributed by atoms with Crippen LogP contribution in [0.3, 0.4) is 0 Å². The summed E-state index contributed by atoms with van der Waals surface area (Å²) in [6.45, 7) is 0.301. The zero-order chi connectivity index (χ0) is 23.3. The van der Waals surface area contributed by atoms with E-state index in [-0.39, 0.29) is 25.1 Å². The van der Waals surface area contributed by atoms with Gasteiger partial charge in [-0.3, -0.25) is 5.32 Å². The van der Waals surface area contributed by atoms with Crippen LogP contribution in [0.2, 0.25) is 0 Å². The van der Waals surface area contributed by atoms with Crippen LogP contribution in [0.25, 0.3) is 11.1 Å². The molecule has 1 aliphatic heterocycles. The molecule has 2 heterocycles. The van der Waals surface area contributed by atoms with E-state index in [4.69, 9.17) is 9.57 Å². The third kappa shape index (κ3) is 5.82. The second kappa shape index (κ2) is 9.63. The van der Waals surface area contributed by atoms with Crippen molar-refractivity contribution in [2.24, 2.45) is 5.16 Å². The highest BCUT2D eigenvalue weighted by molar-refractivity contribution is 5.94. The first-order valence-corrected chi connectivity index (χ1v) is 9.96. The molecule has 0 aliphatic carbocycles. The molecule has 2 aromatic carbocycles. The van der Waals surface area contributed by atoms with Gasteiger partial charge in [-0.15, -0.1) is 0 Å². The van der Waals surface area contributed by atoms with Gasteiger partial charge >= 0.3 is 12.2 Å². The lowest BCUT2D eigenvalue weighted by molar-refractivity contribution is -0.155. The number of carbonyl (C=O) groups is 1. The highest BCUT2D eigenvalue weighted by atomic mass is 19.4. The molecule has 1 atom stereocenters. The Morgan fingerprint density at radius 2 is 1.88 bits per heavy atom. The lowest BCUT2D eigenvalue weighted by Crippen LogP contribution is -2.33. The number of carbonyl (C=O) groups excluding carboxylic acids is 1. The van der Waals surface area contributed by atoms with Crippen LogP contribution in [-0.4, -0.2) is 36.2 Å². The van der Waals surface area contributed by atoms with Crippen molar-refractivity contribution in [1.29, 1.82) is 0 Å². The van der Waals surface area contributed by atoms with E-state index in [1.165, 1.54) is 0 Å². The summed E-state index contributed by atoms with van der Waals surface area (Å²) in [5, 5.41) is 11.7. The van der Waals surface area contributed by atoms with E-state index in [2.05, 4.69) is 25.5 Å². The summed E-state index contributed by atoms with van der Waals surface area (Å²) in [5.74, 6) is -0.945. The quantitative estimate of drug-likeness (QED) is 0.532. The van der Waals surface area contributed by atoms with Crippen LogP contribution in [0, 0.1) is 0 Å². The number of aromatic nitrogens is 1. The highest BCUT2D eigenvalue weighted by Gasteiger charge is 2.36. The number of hydrogen-bond donors (Lipinski definition) is 2. The lowest BCUT2D eigenvalue weighted by atomic mass is 10.0. The number of rotatable bonds is 7. The number of ether oxygens (including phenoxy) is 1. The molecule has 0 radical (unpaired) electrons. The first kappa shape index (κ1) is 22.2. The zero-order valence-electron chi connectivity index (χ0n) is 17.1. The molecule has 4 rings (SSSR count). The summed E-state index contributed by atoms with van der Waals surface area (Å²) in [4.78, 5) is 17.3. The molecule has 1 unspecified atom stereocenters. The number of oxime groups is 1. The van der Waals surface area contributed by atoms with Gasteiger partial charge in [-0.2, -0.15) is 13.2 Å². The Morgan fingerprint density at radius 3 is 2.64 bits per heavy atom. The Bertz CT molecular complexity index is 1130. The van der Waals surface area contributed by atoms with Gasteiger partial charge in [-0.25, -0.2) is 4.79 Å². The van der Waals surface area contributed by atoms with E-state index in [9.17, 15) is 18.0 Å². The molecule has 0 saturated carbocycles. The largest absolute Gasteiger partial charge is 0.489 e. The maximum absolute atomic E-state index is 12.5. The Balaban J connectivity index is 1.23. The van der Waals surface area contributed by atoms with Gasteiger partial charge in [0.1, 0.15) is 12.4 Å². The maximum atomic E-state index is 12.5. The molecule has 0 saturated heterocycles. The smallest absolute Gasteiger partial charge is 0.452 e. The summed E-state index contributed by atoms with van der Waals surface area (Å²) in [7, 11) is 0. The standard InChI is InChI=1S/C22H19F3N4O4/c23-22(24,25)19-11-20(29-33-19)27-21(30)26-12-15-10-16(32-28-15)13-31-18-9-5-4-8-17(18)14-6-2-1-3-7-14/h1-9,11,16H,10,12-13H2,(H2,26,27,29,30). The number of halogens is 3.